The maximum Gasteiger partial charge on any atom is 0.262 e. The molecule has 0 atom stereocenters. The van der Waals surface area contributed by atoms with Crippen molar-refractivity contribution in [2.45, 2.75) is 38.5 Å². The van der Waals surface area contributed by atoms with Gasteiger partial charge in [-0.25, -0.2) is 17.8 Å². The summed E-state index contributed by atoms with van der Waals surface area (Å²) in [5.41, 5.74) is 3.11. The molecule has 0 spiro atoms. The van der Waals surface area contributed by atoms with Crippen molar-refractivity contribution >= 4 is 27.0 Å². The number of hydrogen-bond acceptors (Lipinski definition) is 4. The normalized spacial score (nSPS) is 11.8. The number of sulfonamides is 1. The van der Waals surface area contributed by atoms with E-state index in [1.165, 1.54) is 29.5 Å². The van der Waals surface area contributed by atoms with Gasteiger partial charge >= 0.3 is 0 Å². The predicted molar refractivity (Wildman–Crippen MR) is 108 cm³/mol. The van der Waals surface area contributed by atoms with Crippen LogP contribution in [0, 0.1) is 19.7 Å². The van der Waals surface area contributed by atoms with E-state index in [-0.39, 0.29) is 10.8 Å². The van der Waals surface area contributed by atoms with Crippen LogP contribution in [0.3, 0.4) is 0 Å². The van der Waals surface area contributed by atoms with Crippen LogP contribution in [0.5, 0.6) is 0 Å². The summed E-state index contributed by atoms with van der Waals surface area (Å²) in [5.74, 6) is -0.378. The lowest BCUT2D eigenvalue weighted by Crippen LogP contribution is -2.16. The number of thiazole rings is 1. The zero-order valence-electron chi connectivity index (χ0n) is 15.6. The van der Waals surface area contributed by atoms with Gasteiger partial charge in [-0.15, -0.1) is 11.3 Å². The molecule has 0 unspecified atom stereocenters. The van der Waals surface area contributed by atoms with E-state index < -0.39 is 15.8 Å². The van der Waals surface area contributed by atoms with Crippen molar-refractivity contribution in [1.82, 2.24) is 4.98 Å². The number of anilines is 1. The van der Waals surface area contributed by atoms with Crippen LogP contribution in [0.25, 0.3) is 11.3 Å². The van der Waals surface area contributed by atoms with Gasteiger partial charge in [0.15, 0.2) is 0 Å². The van der Waals surface area contributed by atoms with Gasteiger partial charge in [0.1, 0.15) is 5.82 Å². The lowest BCUT2D eigenvalue weighted by Gasteiger charge is -2.17. The highest BCUT2D eigenvalue weighted by Gasteiger charge is 2.22. The first-order valence-electron chi connectivity index (χ1n) is 8.53. The molecule has 0 aliphatic heterocycles. The van der Waals surface area contributed by atoms with E-state index >= 15 is 0 Å². The highest BCUT2D eigenvalue weighted by molar-refractivity contribution is 7.92. The Morgan fingerprint density at radius 2 is 1.85 bits per heavy atom. The molecule has 0 amide bonds. The van der Waals surface area contributed by atoms with E-state index in [2.05, 4.69) is 9.71 Å². The van der Waals surface area contributed by atoms with Crippen molar-refractivity contribution in [3.8, 4) is 11.3 Å². The van der Waals surface area contributed by atoms with Crippen LogP contribution in [0.1, 0.15) is 35.9 Å². The van der Waals surface area contributed by atoms with Gasteiger partial charge in [0.05, 0.1) is 21.3 Å². The van der Waals surface area contributed by atoms with Crippen LogP contribution in [0.15, 0.2) is 46.7 Å². The second kappa shape index (κ2) is 7.40. The van der Waals surface area contributed by atoms with Crippen LogP contribution in [-0.4, -0.2) is 13.4 Å². The molecule has 1 aromatic heterocycles. The van der Waals surface area contributed by atoms with E-state index in [1.807, 2.05) is 38.3 Å². The van der Waals surface area contributed by atoms with Crippen LogP contribution in [-0.2, 0) is 10.0 Å². The SMILES string of the molecule is Cc1nc(-c2ccc(C(C)C)c(S(=O)(=O)Nc3ccc(F)cc3C)c2)cs1. The third kappa shape index (κ3) is 4.20. The third-order valence-corrected chi connectivity index (χ3v) is 6.47. The Kier molecular flexibility index (Phi) is 5.35. The molecule has 0 aliphatic carbocycles. The number of nitrogens with one attached hydrogen (secondary N) is 1. The van der Waals surface area contributed by atoms with Gasteiger partial charge in [-0.05, 0) is 55.2 Å². The van der Waals surface area contributed by atoms with Crippen molar-refractivity contribution in [3.05, 3.63) is 63.7 Å². The average molecular weight is 405 g/mol. The van der Waals surface area contributed by atoms with Gasteiger partial charge in [0.2, 0.25) is 0 Å². The zero-order chi connectivity index (χ0) is 19.8. The minimum atomic E-state index is -3.84. The summed E-state index contributed by atoms with van der Waals surface area (Å²) in [6, 6.07) is 9.36. The standard InChI is InChI=1S/C20H21FN2O2S2/c1-12(2)17-7-5-15(19-11-26-14(4)22-19)10-20(17)27(24,25)23-18-8-6-16(21)9-13(18)3/h5-12,23H,1-4H3. The van der Waals surface area contributed by atoms with E-state index in [9.17, 15) is 12.8 Å². The highest BCUT2D eigenvalue weighted by Crippen LogP contribution is 2.31. The average Bonchev–Trinajstić information content (AvgIpc) is 3.03. The monoisotopic (exact) mass is 404 g/mol. The topological polar surface area (TPSA) is 59.1 Å². The predicted octanol–water partition coefficient (Wildman–Crippen LogP) is 5.49. The summed E-state index contributed by atoms with van der Waals surface area (Å²) in [6.45, 7) is 7.47. The van der Waals surface area contributed by atoms with Gasteiger partial charge in [0, 0.05) is 10.9 Å². The maximum atomic E-state index is 13.3. The number of aryl methyl sites for hydroxylation is 2. The van der Waals surface area contributed by atoms with E-state index in [4.69, 9.17) is 0 Å². The van der Waals surface area contributed by atoms with Crippen LogP contribution in [0.2, 0.25) is 0 Å². The fraction of sp³-hybridized carbons (Fsp3) is 0.250. The fourth-order valence-electron chi connectivity index (χ4n) is 2.84. The van der Waals surface area contributed by atoms with Crippen LogP contribution in [0.4, 0.5) is 10.1 Å². The number of hydrogen-bond donors (Lipinski definition) is 1. The summed E-state index contributed by atoms with van der Waals surface area (Å²) in [4.78, 5) is 4.66. The van der Waals surface area contributed by atoms with Gasteiger partial charge in [-0.1, -0.05) is 26.0 Å². The molecule has 3 rings (SSSR count). The summed E-state index contributed by atoms with van der Waals surface area (Å²) in [7, 11) is -3.84. The lowest BCUT2D eigenvalue weighted by atomic mass is 10.0. The van der Waals surface area contributed by atoms with Crippen molar-refractivity contribution in [1.29, 1.82) is 0 Å². The third-order valence-electron chi connectivity index (χ3n) is 4.27. The Labute approximate surface area is 163 Å². The minimum absolute atomic E-state index is 0.0251. The van der Waals surface area contributed by atoms with E-state index in [0.717, 1.165) is 21.8 Å². The van der Waals surface area contributed by atoms with Crippen molar-refractivity contribution in [2.24, 2.45) is 0 Å². The fourth-order valence-corrected chi connectivity index (χ4v) is 4.99. The molecule has 27 heavy (non-hydrogen) atoms. The first kappa shape index (κ1) is 19.5. The smallest absolute Gasteiger partial charge is 0.262 e. The number of aromatic nitrogens is 1. The largest absolute Gasteiger partial charge is 0.279 e. The molecule has 7 heteroatoms. The molecule has 0 aliphatic rings. The lowest BCUT2D eigenvalue weighted by molar-refractivity contribution is 0.598. The number of rotatable bonds is 5. The molecule has 0 radical (unpaired) electrons. The summed E-state index contributed by atoms with van der Waals surface area (Å²) < 4.78 is 42.2. The maximum absolute atomic E-state index is 13.3. The first-order chi connectivity index (χ1) is 12.7. The molecule has 0 bridgehead atoms. The van der Waals surface area contributed by atoms with Crippen molar-refractivity contribution < 1.29 is 12.8 Å². The second-order valence-corrected chi connectivity index (χ2v) is 9.44. The number of halogens is 1. The highest BCUT2D eigenvalue weighted by atomic mass is 32.2. The molecule has 0 saturated heterocycles. The minimum Gasteiger partial charge on any atom is -0.279 e. The Balaban J connectivity index is 2.09. The summed E-state index contributed by atoms with van der Waals surface area (Å²) in [6.07, 6.45) is 0. The second-order valence-electron chi connectivity index (χ2n) is 6.72. The Morgan fingerprint density at radius 3 is 2.44 bits per heavy atom. The zero-order valence-corrected chi connectivity index (χ0v) is 17.2. The summed E-state index contributed by atoms with van der Waals surface area (Å²) >= 11 is 1.52. The molecule has 0 fully saturated rings. The van der Waals surface area contributed by atoms with E-state index in [0.29, 0.717) is 11.3 Å². The van der Waals surface area contributed by atoms with Crippen LogP contribution >= 0.6 is 11.3 Å². The molecule has 4 nitrogen and oxygen atoms in total. The van der Waals surface area contributed by atoms with Crippen molar-refractivity contribution in [3.63, 3.8) is 0 Å². The quantitative estimate of drug-likeness (QED) is 0.612. The first-order valence-corrected chi connectivity index (χ1v) is 10.9. The van der Waals surface area contributed by atoms with E-state index in [1.54, 1.807) is 13.0 Å². The molecule has 1 N–H and O–H groups in total. The Bertz CT molecular complexity index is 1090. The molecular formula is C20H21FN2O2S2. The number of nitrogens with zero attached hydrogens (tertiary/aromatic N) is 1. The molecule has 1 heterocycles. The van der Waals surface area contributed by atoms with Gasteiger partial charge in [-0.2, -0.15) is 0 Å². The van der Waals surface area contributed by atoms with Gasteiger partial charge in [-0.3, -0.25) is 4.72 Å². The molecule has 142 valence electrons. The molecular weight excluding hydrogens is 383 g/mol. The van der Waals surface area contributed by atoms with Crippen molar-refractivity contribution in [2.75, 3.05) is 4.72 Å². The molecule has 0 saturated carbocycles. The Hall–Kier alpha value is -2.25. The Morgan fingerprint density at radius 1 is 1.11 bits per heavy atom. The number of benzene rings is 2. The van der Waals surface area contributed by atoms with Gasteiger partial charge < -0.3 is 0 Å². The summed E-state index contributed by atoms with van der Waals surface area (Å²) in [5, 5.41) is 2.83. The van der Waals surface area contributed by atoms with Gasteiger partial charge in [0.25, 0.3) is 10.0 Å². The molecule has 2 aromatic carbocycles. The van der Waals surface area contributed by atoms with Crippen LogP contribution < -0.4 is 4.72 Å². The molecule has 3 aromatic rings.